The summed E-state index contributed by atoms with van der Waals surface area (Å²) < 4.78 is 45.7. The van der Waals surface area contributed by atoms with E-state index < -0.39 is 23.4 Å². The van der Waals surface area contributed by atoms with Crippen molar-refractivity contribution in [2.75, 3.05) is 0 Å². The van der Waals surface area contributed by atoms with E-state index in [1.165, 1.54) is 12.1 Å². The first-order valence-corrected chi connectivity index (χ1v) is 9.23. The molecule has 3 aromatic rings. The highest BCUT2D eigenvalue weighted by Crippen LogP contribution is 2.29. The number of carbonyl (C=O) groups excluding carboxylic acids is 1. The molecule has 1 aromatic heterocycles. The predicted molar refractivity (Wildman–Crippen MR) is 106 cm³/mol. The Hall–Kier alpha value is -2.96. The number of alkyl carbamates (subject to hydrolysis) is 1. The van der Waals surface area contributed by atoms with Gasteiger partial charge >= 0.3 is 12.3 Å². The zero-order valence-corrected chi connectivity index (χ0v) is 16.5. The van der Waals surface area contributed by atoms with Crippen LogP contribution in [0.1, 0.15) is 37.6 Å². The number of alkyl halides is 3. The van der Waals surface area contributed by atoms with Gasteiger partial charge in [0.2, 0.25) is 0 Å². The Morgan fingerprint density at radius 1 is 1.03 bits per heavy atom. The number of nitrogens with zero attached hydrogens (tertiary/aromatic N) is 1. The summed E-state index contributed by atoms with van der Waals surface area (Å²) in [5, 5.41) is 3.73. The molecule has 0 saturated heterocycles. The van der Waals surface area contributed by atoms with Crippen molar-refractivity contribution in [3.63, 3.8) is 0 Å². The Morgan fingerprint density at radius 2 is 1.69 bits per heavy atom. The summed E-state index contributed by atoms with van der Waals surface area (Å²) in [6, 6.07) is 14.8. The average molecular weight is 404 g/mol. The second kappa shape index (κ2) is 7.81. The van der Waals surface area contributed by atoms with Gasteiger partial charge in [0, 0.05) is 17.8 Å². The van der Waals surface area contributed by atoms with Crippen LogP contribution >= 0.6 is 0 Å². The fraction of sp³-hybridized carbons (Fsp3) is 0.318. The van der Waals surface area contributed by atoms with Crippen molar-refractivity contribution in [2.24, 2.45) is 0 Å². The molecule has 0 fully saturated rings. The molecule has 0 bridgehead atoms. The number of para-hydroxylation sites is 1. The van der Waals surface area contributed by atoms with Crippen LogP contribution in [0.5, 0.6) is 0 Å². The van der Waals surface area contributed by atoms with Gasteiger partial charge in [0.15, 0.2) is 0 Å². The van der Waals surface area contributed by atoms with Crippen molar-refractivity contribution in [1.29, 1.82) is 0 Å². The summed E-state index contributed by atoms with van der Waals surface area (Å²) in [6.07, 6.45) is -4.88. The van der Waals surface area contributed by atoms with Gasteiger partial charge in [-0.3, -0.25) is 0 Å². The second-order valence-corrected chi connectivity index (χ2v) is 7.83. The van der Waals surface area contributed by atoms with E-state index in [4.69, 9.17) is 4.74 Å². The summed E-state index contributed by atoms with van der Waals surface area (Å²) in [4.78, 5) is 12.0. The zero-order valence-electron chi connectivity index (χ0n) is 16.5. The van der Waals surface area contributed by atoms with Crippen molar-refractivity contribution >= 4 is 17.0 Å². The van der Waals surface area contributed by atoms with Crippen LogP contribution < -0.4 is 5.32 Å². The minimum atomic E-state index is -4.36. The van der Waals surface area contributed by atoms with Gasteiger partial charge in [-0.15, -0.1) is 0 Å². The van der Waals surface area contributed by atoms with E-state index in [0.29, 0.717) is 6.54 Å². The molecule has 0 aliphatic carbocycles. The van der Waals surface area contributed by atoms with Gasteiger partial charge in [-0.1, -0.05) is 30.3 Å². The van der Waals surface area contributed by atoms with Crippen LogP contribution in [0.3, 0.4) is 0 Å². The molecular weight excluding hydrogens is 381 g/mol. The Bertz CT molecular complexity index is 1000. The SMILES string of the molecule is CC(C)(C)OC(=O)NCc1cc2ccccc2n1Cc1ccc(C(F)(F)F)cc1. The van der Waals surface area contributed by atoms with Crippen molar-refractivity contribution in [3.05, 3.63) is 71.4 Å². The molecule has 2 aromatic carbocycles. The molecular formula is C22H23F3N2O2. The van der Waals surface area contributed by atoms with Gasteiger partial charge in [0.25, 0.3) is 0 Å². The highest BCUT2D eigenvalue weighted by atomic mass is 19.4. The lowest BCUT2D eigenvalue weighted by Crippen LogP contribution is -2.32. The topological polar surface area (TPSA) is 43.3 Å². The number of carbonyl (C=O) groups is 1. The Kier molecular flexibility index (Phi) is 5.59. The van der Waals surface area contributed by atoms with Crippen LogP contribution in [-0.4, -0.2) is 16.3 Å². The average Bonchev–Trinajstić information content (AvgIpc) is 2.96. The standard InChI is InChI=1S/C22H23F3N2O2/c1-21(2,3)29-20(28)26-13-18-12-16-6-4-5-7-19(16)27(18)14-15-8-10-17(11-9-15)22(23,24)25/h4-12H,13-14H2,1-3H3,(H,26,28). The van der Waals surface area contributed by atoms with Crippen molar-refractivity contribution in [2.45, 2.75) is 45.6 Å². The van der Waals surface area contributed by atoms with Gasteiger partial charge in [-0.05, 0) is 56.0 Å². The van der Waals surface area contributed by atoms with Crippen molar-refractivity contribution in [1.82, 2.24) is 9.88 Å². The maximum absolute atomic E-state index is 12.8. The fourth-order valence-electron chi connectivity index (χ4n) is 3.06. The molecule has 1 heterocycles. The Labute approximate surface area is 167 Å². The molecule has 3 rings (SSSR count). The molecule has 0 atom stereocenters. The molecule has 29 heavy (non-hydrogen) atoms. The molecule has 0 spiro atoms. The molecule has 0 saturated carbocycles. The maximum atomic E-state index is 12.8. The normalized spacial score (nSPS) is 12.2. The lowest BCUT2D eigenvalue weighted by atomic mass is 10.1. The van der Waals surface area contributed by atoms with E-state index in [1.54, 1.807) is 20.8 Å². The molecule has 1 N–H and O–H groups in total. The molecule has 0 aliphatic heterocycles. The quantitative estimate of drug-likeness (QED) is 0.603. The summed E-state index contributed by atoms with van der Waals surface area (Å²) >= 11 is 0. The summed E-state index contributed by atoms with van der Waals surface area (Å²) in [7, 11) is 0. The van der Waals surface area contributed by atoms with E-state index in [1.807, 2.05) is 34.9 Å². The number of rotatable bonds is 4. The third-order valence-electron chi connectivity index (χ3n) is 4.33. The highest BCUT2D eigenvalue weighted by Gasteiger charge is 2.30. The van der Waals surface area contributed by atoms with Gasteiger partial charge in [0.05, 0.1) is 12.1 Å². The number of halogens is 3. The number of fused-ring (bicyclic) bond motifs is 1. The number of amides is 1. The third-order valence-corrected chi connectivity index (χ3v) is 4.33. The van der Waals surface area contributed by atoms with Crippen LogP contribution in [-0.2, 0) is 24.0 Å². The highest BCUT2D eigenvalue weighted by molar-refractivity contribution is 5.81. The number of benzene rings is 2. The molecule has 154 valence electrons. The van der Waals surface area contributed by atoms with E-state index in [0.717, 1.165) is 34.3 Å². The van der Waals surface area contributed by atoms with Crippen LogP contribution in [0, 0.1) is 0 Å². The molecule has 0 radical (unpaired) electrons. The first kappa shape index (κ1) is 20.8. The molecule has 1 amide bonds. The number of aromatic nitrogens is 1. The third kappa shape index (κ3) is 5.31. The lowest BCUT2D eigenvalue weighted by Gasteiger charge is -2.20. The van der Waals surface area contributed by atoms with Gasteiger partial charge in [-0.2, -0.15) is 13.2 Å². The van der Waals surface area contributed by atoms with Crippen molar-refractivity contribution < 1.29 is 22.7 Å². The summed E-state index contributed by atoms with van der Waals surface area (Å²) in [5.74, 6) is 0. The van der Waals surface area contributed by atoms with E-state index in [9.17, 15) is 18.0 Å². The molecule has 7 heteroatoms. The van der Waals surface area contributed by atoms with Crippen LogP contribution in [0.15, 0.2) is 54.6 Å². The van der Waals surface area contributed by atoms with Crippen LogP contribution in [0.25, 0.3) is 10.9 Å². The first-order chi connectivity index (χ1) is 13.5. The maximum Gasteiger partial charge on any atom is 0.416 e. The number of ether oxygens (including phenoxy) is 1. The second-order valence-electron chi connectivity index (χ2n) is 7.83. The van der Waals surface area contributed by atoms with E-state index in [-0.39, 0.29) is 6.54 Å². The van der Waals surface area contributed by atoms with Gasteiger partial charge in [0.1, 0.15) is 5.60 Å². The first-order valence-electron chi connectivity index (χ1n) is 9.23. The number of nitrogens with one attached hydrogen (secondary N) is 1. The molecule has 4 nitrogen and oxygen atoms in total. The number of hydrogen-bond acceptors (Lipinski definition) is 2. The van der Waals surface area contributed by atoms with Gasteiger partial charge in [-0.25, -0.2) is 4.79 Å². The minimum Gasteiger partial charge on any atom is -0.444 e. The Morgan fingerprint density at radius 3 is 2.31 bits per heavy atom. The van der Waals surface area contributed by atoms with E-state index in [2.05, 4.69) is 5.32 Å². The monoisotopic (exact) mass is 404 g/mol. The predicted octanol–water partition coefficient (Wildman–Crippen LogP) is 5.73. The van der Waals surface area contributed by atoms with Gasteiger partial charge < -0.3 is 14.6 Å². The van der Waals surface area contributed by atoms with Crippen LogP contribution in [0.2, 0.25) is 0 Å². The van der Waals surface area contributed by atoms with Crippen molar-refractivity contribution in [3.8, 4) is 0 Å². The fourth-order valence-corrected chi connectivity index (χ4v) is 3.06. The summed E-state index contributed by atoms with van der Waals surface area (Å²) in [6.45, 7) is 5.98. The minimum absolute atomic E-state index is 0.240. The van der Waals surface area contributed by atoms with Crippen LogP contribution in [0.4, 0.5) is 18.0 Å². The summed E-state index contributed by atoms with van der Waals surface area (Å²) in [5.41, 5.74) is 1.23. The van der Waals surface area contributed by atoms with E-state index >= 15 is 0 Å². The molecule has 0 unspecified atom stereocenters. The smallest absolute Gasteiger partial charge is 0.416 e. The number of hydrogen-bond donors (Lipinski definition) is 1. The zero-order chi connectivity index (χ0) is 21.2. The largest absolute Gasteiger partial charge is 0.444 e. The molecule has 0 aliphatic rings. The Balaban J connectivity index is 1.84. The lowest BCUT2D eigenvalue weighted by molar-refractivity contribution is -0.137.